The number of rotatable bonds is 3. The van der Waals surface area contributed by atoms with Crippen LogP contribution in [-0.2, 0) is 0 Å². The van der Waals surface area contributed by atoms with Crippen molar-refractivity contribution < 1.29 is 14.0 Å². The Kier molecular flexibility index (Phi) is 2.46. The summed E-state index contributed by atoms with van der Waals surface area (Å²) in [6.07, 6.45) is 2.91. The third-order valence-corrected chi connectivity index (χ3v) is 2.16. The number of hydrogen-bond acceptors (Lipinski definition) is 3. The Morgan fingerprint density at radius 1 is 0.933 bits per heavy atom. The van der Waals surface area contributed by atoms with Gasteiger partial charge in [-0.3, -0.25) is 9.59 Å². The number of carbonyl (C=O) groups is 2. The molecule has 0 amide bonds. The summed E-state index contributed by atoms with van der Waals surface area (Å²) in [6, 6.07) is 8.68. The number of hydrogen-bond donors (Lipinski definition) is 0. The van der Waals surface area contributed by atoms with Crippen molar-refractivity contribution in [3.63, 3.8) is 0 Å². The van der Waals surface area contributed by atoms with Crippen molar-refractivity contribution in [2.75, 3.05) is 0 Å². The molecule has 0 saturated heterocycles. The minimum Gasteiger partial charge on any atom is -0.461 e. The van der Waals surface area contributed by atoms with E-state index in [9.17, 15) is 9.59 Å². The van der Waals surface area contributed by atoms with Crippen molar-refractivity contribution in [2.45, 2.75) is 0 Å². The predicted octanol–water partition coefficient (Wildman–Crippen LogP) is 2.57. The van der Waals surface area contributed by atoms with E-state index < -0.39 is 0 Å². The maximum absolute atomic E-state index is 10.6. The molecule has 0 N–H and O–H groups in total. The van der Waals surface area contributed by atoms with E-state index in [1.807, 2.05) is 0 Å². The first-order valence-electron chi connectivity index (χ1n) is 4.43. The van der Waals surface area contributed by atoms with E-state index in [-0.39, 0.29) is 0 Å². The summed E-state index contributed by atoms with van der Waals surface area (Å²) in [5, 5.41) is 0. The van der Waals surface area contributed by atoms with Crippen LogP contribution in [0.3, 0.4) is 0 Å². The van der Waals surface area contributed by atoms with E-state index in [0.717, 1.165) is 17.4 Å². The molecule has 3 nitrogen and oxygen atoms in total. The minimum atomic E-state index is 0.300. The second-order valence-corrected chi connectivity index (χ2v) is 3.06. The smallest absolute Gasteiger partial charge is 0.185 e. The van der Waals surface area contributed by atoms with Gasteiger partial charge < -0.3 is 4.42 Å². The molecule has 0 fully saturated rings. The lowest BCUT2D eigenvalue weighted by atomic mass is 10.1. The van der Waals surface area contributed by atoms with Crippen molar-refractivity contribution in [1.82, 2.24) is 0 Å². The Labute approximate surface area is 86.3 Å². The normalized spacial score (nSPS) is 9.87. The molecule has 0 unspecified atom stereocenters. The first-order valence-corrected chi connectivity index (χ1v) is 4.43. The maximum Gasteiger partial charge on any atom is 0.185 e. The Balaban J connectivity index is 2.45. The molecule has 0 aliphatic rings. The van der Waals surface area contributed by atoms with Gasteiger partial charge in [0.15, 0.2) is 12.0 Å². The lowest BCUT2D eigenvalue weighted by Crippen LogP contribution is -1.83. The summed E-state index contributed by atoms with van der Waals surface area (Å²) in [6.45, 7) is 0. The van der Waals surface area contributed by atoms with E-state index >= 15 is 0 Å². The van der Waals surface area contributed by atoms with Gasteiger partial charge in [-0.1, -0.05) is 24.3 Å². The monoisotopic (exact) mass is 200 g/mol. The summed E-state index contributed by atoms with van der Waals surface area (Å²) >= 11 is 0. The van der Waals surface area contributed by atoms with Crippen LogP contribution in [0.4, 0.5) is 0 Å². The van der Waals surface area contributed by atoms with Gasteiger partial charge in [0.25, 0.3) is 0 Å². The average Bonchev–Trinajstić information content (AvgIpc) is 2.77. The molecular formula is C12H8O3. The predicted molar refractivity (Wildman–Crippen MR) is 54.9 cm³/mol. The molecule has 0 atom stereocenters. The van der Waals surface area contributed by atoms with Crippen LogP contribution in [0.25, 0.3) is 11.1 Å². The average molecular weight is 200 g/mol. The maximum atomic E-state index is 10.6. The third kappa shape index (κ3) is 1.72. The van der Waals surface area contributed by atoms with Gasteiger partial charge in [0.2, 0.25) is 0 Å². The van der Waals surface area contributed by atoms with Gasteiger partial charge >= 0.3 is 0 Å². The Hall–Kier alpha value is -2.16. The minimum absolute atomic E-state index is 0.300. The zero-order valence-corrected chi connectivity index (χ0v) is 7.84. The van der Waals surface area contributed by atoms with E-state index in [0.29, 0.717) is 17.6 Å². The molecule has 1 aromatic carbocycles. The van der Waals surface area contributed by atoms with Gasteiger partial charge in [-0.15, -0.1) is 0 Å². The summed E-state index contributed by atoms with van der Waals surface area (Å²) in [5.41, 5.74) is 2.20. The van der Waals surface area contributed by atoms with E-state index in [1.165, 1.54) is 6.26 Å². The highest BCUT2D eigenvalue weighted by molar-refractivity contribution is 5.85. The number of carbonyl (C=O) groups excluding carboxylic acids is 2. The van der Waals surface area contributed by atoms with E-state index in [1.54, 1.807) is 30.3 Å². The molecule has 2 rings (SSSR count). The largest absolute Gasteiger partial charge is 0.461 e. The molecular weight excluding hydrogens is 192 g/mol. The summed E-state index contributed by atoms with van der Waals surface area (Å²) in [5.74, 6) is 0.300. The van der Waals surface area contributed by atoms with Crippen LogP contribution in [0.15, 0.2) is 41.0 Å². The molecule has 0 bridgehead atoms. The van der Waals surface area contributed by atoms with Crippen molar-refractivity contribution in [2.24, 2.45) is 0 Å². The fourth-order valence-corrected chi connectivity index (χ4v) is 1.39. The zero-order valence-electron chi connectivity index (χ0n) is 7.84. The SMILES string of the molecule is O=Cc1ccc(-c2ccoc2C=O)cc1. The van der Waals surface area contributed by atoms with Crippen LogP contribution < -0.4 is 0 Å². The van der Waals surface area contributed by atoms with Crippen LogP contribution in [0.2, 0.25) is 0 Å². The van der Waals surface area contributed by atoms with Crippen molar-refractivity contribution >= 4 is 12.6 Å². The Morgan fingerprint density at radius 3 is 2.27 bits per heavy atom. The molecule has 0 spiro atoms. The van der Waals surface area contributed by atoms with Crippen LogP contribution in [0.5, 0.6) is 0 Å². The third-order valence-electron chi connectivity index (χ3n) is 2.16. The number of benzene rings is 1. The topological polar surface area (TPSA) is 47.3 Å². The number of aldehydes is 2. The fraction of sp³-hybridized carbons (Fsp3) is 0. The molecule has 0 aliphatic carbocycles. The van der Waals surface area contributed by atoms with Crippen LogP contribution in [0.1, 0.15) is 20.9 Å². The molecule has 0 saturated carbocycles. The quantitative estimate of drug-likeness (QED) is 0.715. The molecule has 0 aliphatic heterocycles. The highest BCUT2D eigenvalue weighted by Crippen LogP contribution is 2.23. The molecule has 15 heavy (non-hydrogen) atoms. The summed E-state index contributed by atoms with van der Waals surface area (Å²) in [7, 11) is 0. The molecule has 1 aromatic heterocycles. The second kappa shape index (κ2) is 3.92. The van der Waals surface area contributed by atoms with Crippen molar-refractivity contribution in [3.8, 4) is 11.1 Å². The summed E-state index contributed by atoms with van der Waals surface area (Å²) in [4.78, 5) is 21.1. The van der Waals surface area contributed by atoms with Crippen LogP contribution in [-0.4, -0.2) is 12.6 Å². The zero-order chi connectivity index (χ0) is 10.7. The lowest BCUT2D eigenvalue weighted by molar-refractivity contribution is 0.109. The molecule has 2 aromatic rings. The fourth-order valence-electron chi connectivity index (χ4n) is 1.39. The lowest BCUT2D eigenvalue weighted by Gasteiger charge is -1.98. The van der Waals surface area contributed by atoms with Gasteiger partial charge in [-0.05, 0) is 11.6 Å². The van der Waals surface area contributed by atoms with Gasteiger partial charge in [0.1, 0.15) is 6.29 Å². The first-order chi connectivity index (χ1) is 7.35. The molecule has 1 heterocycles. The highest BCUT2D eigenvalue weighted by atomic mass is 16.3. The van der Waals surface area contributed by atoms with Gasteiger partial charge in [0.05, 0.1) is 6.26 Å². The first kappa shape index (κ1) is 9.40. The number of furan rings is 1. The van der Waals surface area contributed by atoms with Crippen LogP contribution >= 0.6 is 0 Å². The van der Waals surface area contributed by atoms with Gasteiger partial charge in [-0.25, -0.2) is 0 Å². The van der Waals surface area contributed by atoms with Crippen LogP contribution in [0, 0.1) is 0 Å². The molecule has 74 valence electrons. The van der Waals surface area contributed by atoms with E-state index in [4.69, 9.17) is 4.42 Å². The van der Waals surface area contributed by atoms with Crippen molar-refractivity contribution in [1.29, 1.82) is 0 Å². The standard InChI is InChI=1S/C12H8O3/c13-7-9-1-3-10(4-2-9)11-5-6-15-12(11)8-14/h1-8H. The summed E-state index contributed by atoms with van der Waals surface area (Å²) < 4.78 is 4.99. The van der Waals surface area contributed by atoms with Gasteiger partial charge in [-0.2, -0.15) is 0 Å². The second-order valence-electron chi connectivity index (χ2n) is 3.06. The molecule has 3 heteroatoms. The Morgan fingerprint density at radius 2 is 1.67 bits per heavy atom. The highest BCUT2D eigenvalue weighted by Gasteiger charge is 2.06. The van der Waals surface area contributed by atoms with E-state index in [2.05, 4.69) is 0 Å². The van der Waals surface area contributed by atoms with Gasteiger partial charge in [0, 0.05) is 11.1 Å². The molecule has 0 radical (unpaired) electrons. The van der Waals surface area contributed by atoms with Crippen molar-refractivity contribution in [3.05, 3.63) is 47.9 Å². The Bertz CT molecular complexity index is 480.